The summed E-state index contributed by atoms with van der Waals surface area (Å²) < 4.78 is 10.7. The van der Waals surface area contributed by atoms with Gasteiger partial charge >= 0.3 is 5.97 Å². The van der Waals surface area contributed by atoms with Gasteiger partial charge in [0, 0.05) is 5.69 Å². The molecule has 2 aromatic rings. The van der Waals surface area contributed by atoms with Gasteiger partial charge in [-0.1, -0.05) is 35.9 Å². The first-order chi connectivity index (χ1) is 14.2. The highest BCUT2D eigenvalue weighted by molar-refractivity contribution is 5.96. The van der Waals surface area contributed by atoms with Crippen LogP contribution in [-0.4, -0.2) is 36.5 Å². The normalized spacial score (nSPS) is 12.4. The smallest absolute Gasteiger partial charge is 0.347 e. The Balaban J connectivity index is 1.80. The van der Waals surface area contributed by atoms with Crippen molar-refractivity contribution in [3.8, 4) is 5.75 Å². The average Bonchev–Trinajstić information content (AvgIpc) is 2.70. The fourth-order valence-corrected chi connectivity index (χ4v) is 2.70. The van der Waals surface area contributed by atoms with Crippen LogP contribution in [0.2, 0.25) is 0 Å². The van der Waals surface area contributed by atoms with E-state index < -0.39 is 24.1 Å². The Labute approximate surface area is 176 Å². The molecule has 0 saturated carbocycles. The van der Waals surface area contributed by atoms with Gasteiger partial charge in [0.05, 0.1) is 6.54 Å². The van der Waals surface area contributed by atoms with Crippen molar-refractivity contribution in [3.05, 3.63) is 59.2 Å². The van der Waals surface area contributed by atoms with Crippen LogP contribution in [-0.2, 0) is 19.1 Å². The van der Waals surface area contributed by atoms with Crippen LogP contribution in [0.3, 0.4) is 0 Å². The summed E-state index contributed by atoms with van der Waals surface area (Å²) in [4.78, 5) is 36.5. The second-order valence-electron chi connectivity index (χ2n) is 7.19. The first-order valence-corrected chi connectivity index (χ1v) is 9.75. The molecule has 0 fully saturated rings. The van der Waals surface area contributed by atoms with E-state index in [1.807, 2.05) is 51.1 Å². The average molecular weight is 412 g/mol. The highest BCUT2D eigenvalue weighted by Crippen LogP contribution is 2.19. The zero-order valence-electron chi connectivity index (χ0n) is 17.9. The second-order valence-corrected chi connectivity index (χ2v) is 7.19. The fraction of sp³-hybridized carbons (Fsp3) is 0.348. The van der Waals surface area contributed by atoms with Gasteiger partial charge in [-0.3, -0.25) is 9.59 Å². The van der Waals surface area contributed by atoms with E-state index in [1.165, 1.54) is 6.92 Å². The van der Waals surface area contributed by atoms with Crippen LogP contribution in [0, 0.1) is 20.8 Å². The summed E-state index contributed by atoms with van der Waals surface area (Å²) in [5.41, 5.74) is 3.65. The molecule has 0 bridgehead atoms. The minimum atomic E-state index is -1.06. The molecule has 7 heteroatoms. The number of hydrogen-bond acceptors (Lipinski definition) is 5. The van der Waals surface area contributed by atoms with Gasteiger partial charge in [-0.05, 0) is 57.9 Å². The Bertz CT molecular complexity index is 888. The zero-order valence-corrected chi connectivity index (χ0v) is 17.9. The summed E-state index contributed by atoms with van der Waals surface area (Å²) in [5, 5.41) is 5.25. The van der Waals surface area contributed by atoms with Crippen molar-refractivity contribution in [3.63, 3.8) is 0 Å². The van der Waals surface area contributed by atoms with Gasteiger partial charge in [0.1, 0.15) is 5.75 Å². The van der Waals surface area contributed by atoms with E-state index in [4.69, 9.17) is 9.47 Å². The topological polar surface area (TPSA) is 93.7 Å². The van der Waals surface area contributed by atoms with Crippen molar-refractivity contribution < 1.29 is 23.9 Å². The molecule has 30 heavy (non-hydrogen) atoms. The van der Waals surface area contributed by atoms with Crippen molar-refractivity contribution in [2.45, 2.75) is 46.8 Å². The molecular weight excluding hydrogens is 384 g/mol. The molecule has 0 aromatic heterocycles. The number of carbonyl (C=O) groups excluding carboxylic acids is 3. The van der Waals surface area contributed by atoms with Crippen LogP contribution in [0.5, 0.6) is 5.75 Å². The van der Waals surface area contributed by atoms with Gasteiger partial charge < -0.3 is 20.1 Å². The molecule has 0 aliphatic heterocycles. The molecule has 0 saturated heterocycles. The predicted molar refractivity (Wildman–Crippen MR) is 114 cm³/mol. The number of esters is 1. The summed E-state index contributed by atoms with van der Waals surface area (Å²) in [6.07, 6.45) is -1.94. The van der Waals surface area contributed by atoms with E-state index in [9.17, 15) is 14.4 Å². The Hall–Kier alpha value is -3.35. The predicted octanol–water partition coefficient (Wildman–Crippen LogP) is 3.07. The molecule has 0 heterocycles. The number of amides is 2. The van der Waals surface area contributed by atoms with Crippen molar-refractivity contribution in [1.82, 2.24) is 5.32 Å². The molecule has 0 spiro atoms. The number of nitrogens with one attached hydrogen (secondary N) is 2. The van der Waals surface area contributed by atoms with E-state index in [0.717, 1.165) is 22.4 Å². The van der Waals surface area contributed by atoms with Crippen LogP contribution in [0.25, 0.3) is 0 Å². The third-order valence-electron chi connectivity index (χ3n) is 4.50. The van der Waals surface area contributed by atoms with Crippen molar-refractivity contribution in [2.75, 3.05) is 11.9 Å². The highest BCUT2D eigenvalue weighted by atomic mass is 16.6. The van der Waals surface area contributed by atoms with Gasteiger partial charge in [-0.25, -0.2) is 4.79 Å². The van der Waals surface area contributed by atoms with Crippen LogP contribution in [0.15, 0.2) is 42.5 Å². The maximum absolute atomic E-state index is 12.2. The minimum absolute atomic E-state index is 0.232. The lowest BCUT2D eigenvalue weighted by Gasteiger charge is -2.18. The molecule has 2 unspecified atom stereocenters. The standard InChI is InChI=1S/C23H28N2O5/c1-14-9-11-19(12-10-14)29-18(5)23(28)30-17(4)22(27)24-13-20(26)25-21-15(2)7-6-8-16(21)3/h6-12,17-18H,13H2,1-5H3,(H,24,27)(H,25,26). The number of rotatable bonds is 8. The summed E-state index contributed by atoms with van der Waals surface area (Å²) in [7, 11) is 0. The Kier molecular flexibility index (Phi) is 7.98. The Morgan fingerprint density at radius 3 is 2.10 bits per heavy atom. The summed E-state index contributed by atoms with van der Waals surface area (Å²) in [6, 6.07) is 12.9. The molecule has 0 aliphatic rings. The highest BCUT2D eigenvalue weighted by Gasteiger charge is 2.23. The number of anilines is 1. The molecule has 0 aliphatic carbocycles. The van der Waals surface area contributed by atoms with E-state index in [0.29, 0.717) is 5.75 Å². The second kappa shape index (κ2) is 10.4. The molecule has 2 atom stereocenters. The van der Waals surface area contributed by atoms with Crippen molar-refractivity contribution in [2.24, 2.45) is 0 Å². The first-order valence-electron chi connectivity index (χ1n) is 9.75. The lowest BCUT2D eigenvalue weighted by atomic mass is 10.1. The molecule has 2 rings (SSSR count). The molecule has 2 aromatic carbocycles. The van der Waals surface area contributed by atoms with Gasteiger partial charge in [-0.2, -0.15) is 0 Å². The third-order valence-corrected chi connectivity index (χ3v) is 4.50. The quantitative estimate of drug-likeness (QED) is 0.650. The van der Waals surface area contributed by atoms with Crippen molar-refractivity contribution in [1.29, 1.82) is 0 Å². The molecule has 2 amide bonds. The minimum Gasteiger partial charge on any atom is -0.479 e. The van der Waals surface area contributed by atoms with E-state index >= 15 is 0 Å². The lowest BCUT2D eigenvalue weighted by Crippen LogP contribution is -2.41. The molecule has 2 N–H and O–H groups in total. The zero-order chi connectivity index (χ0) is 22.3. The number of carbonyl (C=O) groups is 3. The third kappa shape index (κ3) is 6.62. The lowest BCUT2D eigenvalue weighted by molar-refractivity contribution is -0.160. The maximum Gasteiger partial charge on any atom is 0.347 e. The number of hydrogen-bond donors (Lipinski definition) is 2. The summed E-state index contributed by atoms with van der Waals surface area (Å²) in [5.74, 6) is -1.07. The Morgan fingerprint density at radius 1 is 0.900 bits per heavy atom. The number of ether oxygens (including phenoxy) is 2. The largest absolute Gasteiger partial charge is 0.479 e. The van der Waals surface area contributed by atoms with Crippen LogP contribution >= 0.6 is 0 Å². The molecule has 7 nitrogen and oxygen atoms in total. The number of benzene rings is 2. The van der Waals surface area contributed by atoms with Crippen LogP contribution in [0.4, 0.5) is 5.69 Å². The molecular formula is C23H28N2O5. The molecule has 0 radical (unpaired) electrons. The fourth-order valence-electron chi connectivity index (χ4n) is 2.70. The van der Waals surface area contributed by atoms with E-state index in [-0.39, 0.29) is 12.5 Å². The van der Waals surface area contributed by atoms with Crippen molar-refractivity contribution >= 4 is 23.5 Å². The van der Waals surface area contributed by atoms with E-state index in [1.54, 1.807) is 19.1 Å². The first kappa shape index (κ1) is 22.9. The molecule has 160 valence electrons. The number of aryl methyl sites for hydroxylation is 3. The summed E-state index contributed by atoms with van der Waals surface area (Å²) >= 11 is 0. The van der Waals surface area contributed by atoms with E-state index in [2.05, 4.69) is 10.6 Å². The number of para-hydroxylation sites is 1. The SMILES string of the molecule is Cc1ccc(OC(C)C(=O)OC(C)C(=O)NCC(=O)Nc2c(C)cccc2C)cc1. The van der Waals surface area contributed by atoms with Crippen LogP contribution < -0.4 is 15.4 Å². The van der Waals surface area contributed by atoms with Gasteiger partial charge in [0.15, 0.2) is 12.2 Å². The van der Waals surface area contributed by atoms with Gasteiger partial charge in [0.2, 0.25) is 5.91 Å². The maximum atomic E-state index is 12.2. The monoisotopic (exact) mass is 412 g/mol. The Morgan fingerprint density at radius 2 is 1.50 bits per heavy atom. The van der Waals surface area contributed by atoms with Crippen LogP contribution in [0.1, 0.15) is 30.5 Å². The van der Waals surface area contributed by atoms with Gasteiger partial charge in [-0.15, -0.1) is 0 Å². The van der Waals surface area contributed by atoms with Gasteiger partial charge in [0.25, 0.3) is 5.91 Å². The summed E-state index contributed by atoms with van der Waals surface area (Å²) in [6.45, 7) is 8.49.